The summed E-state index contributed by atoms with van der Waals surface area (Å²) in [5.41, 5.74) is 5.45. The zero-order valence-electron chi connectivity index (χ0n) is 9.04. The van der Waals surface area contributed by atoms with Crippen molar-refractivity contribution in [2.24, 2.45) is 5.73 Å². The molecule has 0 aromatic heterocycles. The van der Waals surface area contributed by atoms with Crippen LogP contribution in [0.15, 0.2) is 0 Å². The van der Waals surface area contributed by atoms with Gasteiger partial charge in [0.05, 0.1) is 27.6 Å². The molecule has 1 unspecified atom stereocenters. The van der Waals surface area contributed by atoms with Gasteiger partial charge in [-0.2, -0.15) is 0 Å². The third-order valence-corrected chi connectivity index (χ3v) is 1.51. The van der Waals surface area contributed by atoms with Crippen molar-refractivity contribution >= 4 is 5.97 Å². The smallest absolute Gasteiger partial charge is 0.307 e. The summed E-state index contributed by atoms with van der Waals surface area (Å²) in [4.78, 5) is 11.0. The van der Waals surface area contributed by atoms with Crippen LogP contribution in [0.25, 0.3) is 0 Å². The van der Waals surface area contributed by atoms with E-state index in [1.807, 2.05) is 0 Å². The number of hydrogen-bond donors (Lipinski definition) is 1. The lowest BCUT2D eigenvalue weighted by atomic mass is 10.3. The van der Waals surface area contributed by atoms with Crippen LogP contribution in [-0.4, -0.2) is 50.8 Å². The molecule has 0 saturated carbocycles. The normalized spacial score (nSPS) is 13.9. The van der Waals surface area contributed by atoms with E-state index < -0.39 is 0 Å². The number of nitrogens with zero attached hydrogens (tertiary/aromatic N) is 1. The third kappa shape index (κ3) is 9.30. The van der Waals surface area contributed by atoms with Gasteiger partial charge in [-0.3, -0.25) is 4.79 Å². The predicted molar refractivity (Wildman–Crippen MR) is 52.1 cm³/mol. The monoisotopic (exact) mass is 189 g/mol. The highest BCUT2D eigenvalue weighted by atomic mass is 16.5. The first-order chi connectivity index (χ1) is 5.81. The van der Waals surface area contributed by atoms with Gasteiger partial charge in [-0.1, -0.05) is 0 Å². The van der Waals surface area contributed by atoms with E-state index in [9.17, 15) is 4.79 Å². The lowest BCUT2D eigenvalue weighted by Crippen LogP contribution is -2.38. The van der Waals surface area contributed by atoms with E-state index in [1.54, 1.807) is 6.92 Å². The SMILES string of the molecule is CC(N)CC(=O)OCC[N+](C)(C)C. The Bertz CT molecular complexity index is 161. The van der Waals surface area contributed by atoms with E-state index in [0.29, 0.717) is 13.0 Å². The summed E-state index contributed by atoms with van der Waals surface area (Å²) in [7, 11) is 6.16. The Balaban J connectivity index is 3.49. The molecule has 0 rings (SSSR count). The van der Waals surface area contributed by atoms with Crippen molar-refractivity contribution in [3.63, 3.8) is 0 Å². The van der Waals surface area contributed by atoms with Crippen molar-refractivity contribution in [1.82, 2.24) is 0 Å². The Kier molecular flexibility index (Phi) is 4.95. The lowest BCUT2D eigenvalue weighted by molar-refractivity contribution is -0.870. The molecule has 13 heavy (non-hydrogen) atoms. The fourth-order valence-electron chi connectivity index (χ4n) is 0.755. The molecule has 0 saturated heterocycles. The Morgan fingerprint density at radius 2 is 2.00 bits per heavy atom. The van der Waals surface area contributed by atoms with E-state index in [1.165, 1.54) is 0 Å². The summed E-state index contributed by atoms with van der Waals surface area (Å²) >= 11 is 0. The minimum Gasteiger partial charge on any atom is -0.460 e. The molecule has 0 amide bonds. The van der Waals surface area contributed by atoms with E-state index in [0.717, 1.165) is 11.0 Å². The quantitative estimate of drug-likeness (QED) is 0.488. The fraction of sp³-hybridized carbons (Fsp3) is 0.889. The van der Waals surface area contributed by atoms with Gasteiger partial charge in [-0.15, -0.1) is 0 Å². The van der Waals surface area contributed by atoms with E-state index >= 15 is 0 Å². The number of nitrogens with two attached hydrogens (primary N) is 1. The molecule has 0 radical (unpaired) electrons. The van der Waals surface area contributed by atoms with Crippen molar-refractivity contribution in [3.05, 3.63) is 0 Å². The lowest BCUT2D eigenvalue weighted by Gasteiger charge is -2.23. The molecule has 2 N–H and O–H groups in total. The van der Waals surface area contributed by atoms with Crippen LogP contribution < -0.4 is 5.73 Å². The molecule has 0 aliphatic rings. The Morgan fingerprint density at radius 3 is 2.38 bits per heavy atom. The second-order valence-corrected chi connectivity index (χ2v) is 4.42. The molecule has 1 atom stereocenters. The topological polar surface area (TPSA) is 52.3 Å². The maximum absolute atomic E-state index is 11.0. The zero-order valence-corrected chi connectivity index (χ0v) is 9.04. The number of carbonyl (C=O) groups is 1. The molecule has 0 aromatic carbocycles. The van der Waals surface area contributed by atoms with Gasteiger partial charge >= 0.3 is 5.97 Å². The Hall–Kier alpha value is -0.610. The van der Waals surface area contributed by atoms with Crippen molar-refractivity contribution in [2.75, 3.05) is 34.3 Å². The van der Waals surface area contributed by atoms with Gasteiger partial charge in [0, 0.05) is 6.04 Å². The first kappa shape index (κ1) is 12.4. The molecule has 0 aromatic rings. The number of likely N-dealkylation sites (N-methyl/N-ethyl adjacent to an activating group) is 1. The van der Waals surface area contributed by atoms with Gasteiger partial charge < -0.3 is 15.0 Å². The standard InChI is InChI=1S/C9H21N2O2/c1-8(10)7-9(12)13-6-5-11(2,3)4/h8H,5-7,10H2,1-4H3/q+1. The highest BCUT2D eigenvalue weighted by Crippen LogP contribution is 1.93. The molecule has 0 fully saturated rings. The van der Waals surface area contributed by atoms with Crippen LogP contribution in [0.3, 0.4) is 0 Å². The molecule has 0 spiro atoms. The molecule has 0 aliphatic carbocycles. The van der Waals surface area contributed by atoms with Crippen LogP contribution in [-0.2, 0) is 9.53 Å². The van der Waals surface area contributed by atoms with Crippen LogP contribution in [0.2, 0.25) is 0 Å². The van der Waals surface area contributed by atoms with Gasteiger partial charge in [-0.05, 0) is 6.92 Å². The second-order valence-electron chi connectivity index (χ2n) is 4.42. The molecule has 4 heteroatoms. The summed E-state index contributed by atoms with van der Waals surface area (Å²) < 4.78 is 5.79. The largest absolute Gasteiger partial charge is 0.460 e. The second kappa shape index (κ2) is 5.19. The first-order valence-electron chi connectivity index (χ1n) is 4.53. The maximum atomic E-state index is 11.0. The Labute approximate surface area is 80.2 Å². The number of rotatable bonds is 5. The van der Waals surface area contributed by atoms with Crippen LogP contribution in [0.4, 0.5) is 0 Å². The molecule has 0 heterocycles. The predicted octanol–water partition coefficient (Wildman–Crippen LogP) is -0.0269. The molecular formula is C9H21N2O2+. The van der Waals surface area contributed by atoms with Crippen molar-refractivity contribution in [3.8, 4) is 0 Å². The molecule has 78 valence electrons. The van der Waals surface area contributed by atoms with Crippen LogP contribution >= 0.6 is 0 Å². The average Bonchev–Trinajstić information content (AvgIpc) is 1.81. The first-order valence-corrected chi connectivity index (χ1v) is 4.53. The molecule has 4 nitrogen and oxygen atoms in total. The van der Waals surface area contributed by atoms with E-state index in [-0.39, 0.29) is 12.0 Å². The van der Waals surface area contributed by atoms with Gasteiger partial charge in [0.1, 0.15) is 13.2 Å². The minimum atomic E-state index is -0.205. The average molecular weight is 189 g/mol. The summed E-state index contributed by atoms with van der Waals surface area (Å²) in [5, 5.41) is 0. The molecule has 0 aliphatic heterocycles. The van der Waals surface area contributed by atoms with E-state index in [4.69, 9.17) is 10.5 Å². The number of ether oxygens (including phenoxy) is 1. The minimum absolute atomic E-state index is 0.114. The highest BCUT2D eigenvalue weighted by Gasteiger charge is 2.10. The fourth-order valence-corrected chi connectivity index (χ4v) is 0.755. The van der Waals surface area contributed by atoms with Crippen LogP contribution in [0, 0.1) is 0 Å². The van der Waals surface area contributed by atoms with Crippen molar-refractivity contribution in [2.45, 2.75) is 19.4 Å². The van der Waals surface area contributed by atoms with Gasteiger partial charge in [0.15, 0.2) is 0 Å². The van der Waals surface area contributed by atoms with Crippen LogP contribution in [0.1, 0.15) is 13.3 Å². The molecular weight excluding hydrogens is 168 g/mol. The number of esters is 1. The van der Waals surface area contributed by atoms with Crippen molar-refractivity contribution < 1.29 is 14.0 Å². The van der Waals surface area contributed by atoms with Crippen LogP contribution in [0.5, 0.6) is 0 Å². The summed E-state index contributed by atoms with van der Waals surface area (Å²) in [6.45, 7) is 3.08. The summed E-state index contributed by atoms with van der Waals surface area (Å²) in [6, 6.07) is -0.114. The van der Waals surface area contributed by atoms with Gasteiger partial charge in [-0.25, -0.2) is 0 Å². The van der Waals surface area contributed by atoms with Crippen molar-refractivity contribution in [1.29, 1.82) is 0 Å². The molecule has 0 bridgehead atoms. The van der Waals surface area contributed by atoms with Gasteiger partial charge in [0.25, 0.3) is 0 Å². The summed E-state index contributed by atoms with van der Waals surface area (Å²) in [6.07, 6.45) is 0.303. The summed E-state index contributed by atoms with van der Waals surface area (Å²) in [5.74, 6) is -0.205. The number of quaternary nitrogens is 1. The third-order valence-electron chi connectivity index (χ3n) is 1.51. The van der Waals surface area contributed by atoms with E-state index in [2.05, 4.69) is 21.1 Å². The van der Waals surface area contributed by atoms with Gasteiger partial charge in [0.2, 0.25) is 0 Å². The number of carbonyl (C=O) groups excluding carboxylic acids is 1. The number of hydrogen-bond acceptors (Lipinski definition) is 3. The Morgan fingerprint density at radius 1 is 1.46 bits per heavy atom. The highest BCUT2D eigenvalue weighted by molar-refractivity contribution is 5.69. The maximum Gasteiger partial charge on any atom is 0.307 e. The zero-order chi connectivity index (χ0) is 10.5.